The van der Waals surface area contributed by atoms with E-state index in [2.05, 4.69) is 51.8 Å². The molecule has 1 N–H and O–H groups in total. The van der Waals surface area contributed by atoms with Crippen molar-refractivity contribution in [2.45, 2.75) is 43.9 Å². The molecule has 11 nitrogen and oxygen atoms in total. The van der Waals surface area contributed by atoms with Crippen LogP contribution in [0.15, 0.2) is 49.3 Å². The average molecular weight is 604 g/mol. The number of benzene rings is 1. The molecule has 7 rings (SSSR count). The van der Waals surface area contributed by atoms with E-state index in [-0.39, 0.29) is 29.5 Å². The van der Waals surface area contributed by atoms with E-state index in [0.29, 0.717) is 56.0 Å². The lowest BCUT2D eigenvalue weighted by Crippen LogP contribution is -2.57. The van der Waals surface area contributed by atoms with Gasteiger partial charge in [0, 0.05) is 73.8 Å². The summed E-state index contributed by atoms with van der Waals surface area (Å²) in [5, 5.41) is 5.46. The zero-order valence-electron chi connectivity index (χ0n) is 24.5. The highest BCUT2D eigenvalue weighted by molar-refractivity contribution is 7.90. The van der Waals surface area contributed by atoms with Gasteiger partial charge in [0.05, 0.1) is 24.5 Å². The van der Waals surface area contributed by atoms with Crippen LogP contribution in [0.3, 0.4) is 0 Å². The van der Waals surface area contributed by atoms with E-state index in [0.717, 1.165) is 41.4 Å². The van der Waals surface area contributed by atoms with Crippen LogP contribution in [0.5, 0.6) is 0 Å². The molecular weight excluding hydrogens is 566 g/mol. The van der Waals surface area contributed by atoms with Crippen molar-refractivity contribution in [1.82, 2.24) is 19.9 Å². The van der Waals surface area contributed by atoms with Crippen molar-refractivity contribution in [3.05, 3.63) is 54.9 Å². The summed E-state index contributed by atoms with van der Waals surface area (Å²) in [6.45, 7) is 9.25. The molecule has 4 saturated heterocycles. The van der Waals surface area contributed by atoms with Gasteiger partial charge in [-0.2, -0.15) is 4.98 Å². The summed E-state index contributed by atoms with van der Waals surface area (Å²) in [5.74, 6) is 2.46. The number of pyridine rings is 1. The summed E-state index contributed by atoms with van der Waals surface area (Å²) < 4.78 is 29.7. The molecular formula is C31H37N7O4S. The number of nitrogens with one attached hydrogen (secondary N) is 1. The summed E-state index contributed by atoms with van der Waals surface area (Å²) >= 11 is 0. The van der Waals surface area contributed by atoms with E-state index < -0.39 is 9.84 Å². The number of amides is 1. The summed E-state index contributed by atoms with van der Waals surface area (Å²) in [5.41, 5.74) is 2.20. The number of aromatic nitrogens is 3. The number of piperidine rings is 1. The van der Waals surface area contributed by atoms with Crippen LogP contribution in [0.4, 0.5) is 23.3 Å². The van der Waals surface area contributed by atoms with Crippen LogP contribution in [0.1, 0.15) is 31.2 Å². The molecule has 12 heteroatoms. The quantitative estimate of drug-likeness (QED) is 0.385. The molecule has 226 valence electrons. The smallest absolute Gasteiger partial charge is 0.245 e. The maximum atomic E-state index is 12.1. The third kappa shape index (κ3) is 5.31. The number of nitrogens with zero attached hydrogens (tertiary/aromatic N) is 6. The number of ether oxygens (including phenoxy) is 1. The Kier molecular flexibility index (Phi) is 7.00. The number of hydrogen-bond acceptors (Lipinski definition) is 10. The Balaban J connectivity index is 1.18. The minimum absolute atomic E-state index is 0.0551. The number of carbonyl (C=O) groups is 1. The molecule has 2 aromatic heterocycles. The van der Waals surface area contributed by atoms with Crippen LogP contribution in [-0.4, -0.2) is 97.2 Å². The standard InChI is InChI=1S/C31H37N7O4S/c1-4-30(39)36-14-20(15-36)24-5-6-27(38-16-21(19(38)2)18-43(3,40)41)26-13-33-29(12-25(24)26)34-28-7-9-32-31(35-28)37-10-8-23-11-22(37)17-42-23/h4-7,9,12-13,19-23H,1,8,10-11,14-18H2,2-3H3,(H,32,33,34,35)/t19-,21-,22+,23-/m1/s1. The lowest BCUT2D eigenvalue weighted by Gasteiger charge is -2.48. The number of carbonyl (C=O) groups excluding carboxylic acids is 1. The number of hydrogen-bond donors (Lipinski definition) is 1. The van der Waals surface area contributed by atoms with Crippen LogP contribution >= 0.6 is 0 Å². The molecule has 6 heterocycles. The van der Waals surface area contributed by atoms with E-state index in [1.807, 2.05) is 12.3 Å². The van der Waals surface area contributed by atoms with Gasteiger partial charge in [-0.05, 0) is 55.0 Å². The lowest BCUT2D eigenvalue weighted by molar-refractivity contribution is -0.130. The van der Waals surface area contributed by atoms with Gasteiger partial charge >= 0.3 is 0 Å². The van der Waals surface area contributed by atoms with Crippen molar-refractivity contribution in [2.75, 3.05) is 59.9 Å². The Morgan fingerprint density at radius 3 is 2.74 bits per heavy atom. The summed E-state index contributed by atoms with van der Waals surface area (Å²) in [4.78, 5) is 32.6. The molecule has 3 aromatic rings. The van der Waals surface area contributed by atoms with Gasteiger partial charge in [-0.3, -0.25) is 4.79 Å². The molecule has 43 heavy (non-hydrogen) atoms. The van der Waals surface area contributed by atoms with Gasteiger partial charge in [-0.25, -0.2) is 18.4 Å². The third-order valence-corrected chi connectivity index (χ3v) is 10.5. The van der Waals surface area contributed by atoms with E-state index in [1.165, 1.54) is 12.3 Å². The number of sulfone groups is 1. The SMILES string of the molecule is C=CC(=O)N1CC(c2ccc(N3C[C@H](CS(C)(=O)=O)[C@H]3C)c3cnc(Nc4ccnc(N5CC[C@@H]6C[C@H]5CO6)n4)cc23)C1. The molecule has 4 aliphatic rings. The molecule has 4 atom stereocenters. The first-order valence-corrected chi connectivity index (χ1v) is 17.0. The molecule has 4 aliphatic heterocycles. The zero-order chi connectivity index (χ0) is 29.9. The second kappa shape index (κ2) is 10.7. The van der Waals surface area contributed by atoms with Crippen molar-refractivity contribution in [1.29, 1.82) is 0 Å². The van der Waals surface area contributed by atoms with Gasteiger partial charge in [-0.15, -0.1) is 0 Å². The maximum Gasteiger partial charge on any atom is 0.245 e. The van der Waals surface area contributed by atoms with Crippen LogP contribution < -0.4 is 15.1 Å². The Bertz CT molecular complexity index is 1690. The average Bonchev–Trinajstić information content (AvgIpc) is 3.34. The van der Waals surface area contributed by atoms with Crippen LogP contribution in [0, 0.1) is 5.92 Å². The number of anilines is 4. The first kappa shape index (κ1) is 28.0. The van der Waals surface area contributed by atoms with Crippen molar-refractivity contribution in [3.63, 3.8) is 0 Å². The summed E-state index contributed by atoms with van der Waals surface area (Å²) in [6.07, 6.45) is 8.67. The lowest BCUT2D eigenvalue weighted by atomic mass is 9.85. The number of fused-ring (bicyclic) bond motifs is 3. The highest BCUT2D eigenvalue weighted by Gasteiger charge is 2.39. The Hall–Kier alpha value is -3.77. The van der Waals surface area contributed by atoms with Gasteiger partial charge in [-0.1, -0.05) is 12.6 Å². The van der Waals surface area contributed by atoms with Crippen molar-refractivity contribution in [2.24, 2.45) is 5.92 Å². The minimum atomic E-state index is -3.05. The van der Waals surface area contributed by atoms with Crippen molar-refractivity contribution >= 4 is 49.8 Å². The normalized spacial score (nSPS) is 25.4. The molecule has 0 radical (unpaired) electrons. The Morgan fingerprint density at radius 2 is 1.98 bits per heavy atom. The second-order valence-electron chi connectivity index (χ2n) is 12.4. The van der Waals surface area contributed by atoms with Gasteiger partial charge < -0.3 is 24.8 Å². The zero-order valence-corrected chi connectivity index (χ0v) is 25.3. The van der Waals surface area contributed by atoms with E-state index in [4.69, 9.17) is 14.7 Å². The topological polar surface area (TPSA) is 121 Å². The number of rotatable bonds is 8. The predicted molar refractivity (Wildman–Crippen MR) is 167 cm³/mol. The fraction of sp³-hybridized carbons (Fsp3) is 0.484. The largest absolute Gasteiger partial charge is 0.376 e. The first-order valence-electron chi connectivity index (χ1n) is 14.9. The fourth-order valence-electron chi connectivity index (χ4n) is 7.01. The van der Waals surface area contributed by atoms with Gasteiger partial charge in [0.15, 0.2) is 0 Å². The molecule has 0 aliphatic carbocycles. The monoisotopic (exact) mass is 603 g/mol. The Labute approximate surface area is 251 Å². The minimum Gasteiger partial charge on any atom is -0.376 e. The Morgan fingerprint density at radius 1 is 1.14 bits per heavy atom. The van der Waals surface area contributed by atoms with Crippen LogP contribution in [0.2, 0.25) is 0 Å². The molecule has 0 spiro atoms. The fourth-order valence-corrected chi connectivity index (χ4v) is 8.18. The van der Waals surface area contributed by atoms with Crippen molar-refractivity contribution in [3.8, 4) is 0 Å². The highest BCUT2D eigenvalue weighted by atomic mass is 32.2. The predicted octanol–water partition coefficient (Wildman–Crippen LogP) is 3.12. The molecule has 2 bridgehead atoms. The van der Waals surface area contributed by atoms with Crippen LogP contribution in [0.25, 0.3) is 10.8 Å². The van der Waals surface area contributed by atoms with Gasteiger partial charge in [0.25, 0.3) is 0 Å². The third-order valence-electron chi connectivity index (χ3n) is 9.50. The molecule has 1 amide bonds. The van der Waals surface area contributed by atoms with Gasteiger partial charge in [0.1, 0.15) is 21.5 Å². The summed E-state index contributed by atoms with van der Waals surface area (Å²) in [6, 6.07) is 8.57. The van der Waals surface area contributed by atoms with Crippen LogP contribution in [-0.2, 0) is 19.4 Å². The summed E-state index contributed by atoms with van der Waals surface area (Å²) in [7, 11) is -3.05. The first-order chi connectivity index (χ1) is 20.7. The van der Waals surface area contributed by atoms with Crippen molar-refractivity contribution < 1.29 is 17.9 Å². The van der Waals surface area contributed by atoms with E-state index in [9.17, 15) is 13.2 Å². The maximum absolute atomic E-state index is 12.1. The second-order valence-corrected chi connectivity index (χ2v) is 14.6. The van der Waals surface area contributed by atoms with E-state index >= 15 is 0 Å². The highest BCUT2D eigenvalue weighted by Crippen LogP contribution is 2.41. The molecule has 0 unspecified atom stereocenters. The van der Waals surface area contributed by atoms with E-state index in [1.54, 1.807) is 11.1 Å². The van der Waals surface area contributed by atoms with Gasteiger partial charge in [0.2, 0.25) is 11.9 Å². The molecule has 1 aromatic carbocycles. The molecule has 4 fully saturated rings. The molecule has 0 saturated carbocycles. The number of likely N-dealkylation sites (tertiary alicyclic amines) is 1.